The van der Waals surface area contributed by atoms with Gasteiger partial charge >= 0.3 is 5.69 Å². The van der Waals surface area contributed by atoms with E-state index < -0.39 is 84.4 Å². The average molecular weight is 739 g/mol. The van der Waals surface area contributed by atoms with Crippen LogP contribution in [0.15, 0.2) is 33.6 Å². The van der Waals surface area contributed by atoms with Crippen molar-refractivity contribution >= 4 is 11.8 Å². The number of ether oxygens (including phenoxy) is 3. The van der Waals surface area contributed by atoms with Gasteiger partial charge in [0, 0.05) is 38.9 Å². The SMILES string of the molecule is CCCCCCCCCCCCCNC(=O)C1=CCN(C)[C@@H]([C@H](OC2OC(CN)C(O)C2O)C2OC(n3ccc(=O)[nH]c3=O)C(O)C2O)C(=O)N1C. The number of nitrogens with zero attached hydrogens (tertiary/aromatic N) is 3. The number of aliphatic hydroxyl groups excluding tert-OH is 4. The van der Waals surface area contributed by atoms with Crippen LogP contribution in [0, 0.1) is 0 Å². The van der Waals surface area contributed by atoms with Crippen LogP contribution in [-0.4, -0.2) is 140 Å². The summed E-state index contributed by atoms with van der Waals surface area (Å²) in [6, 6.07) is -0.268. The number of amides is 2. The summed E-state index contributed by atoms with van der Waals surface area (Å²) >= 11 is 0. The lowest BCUT2D eigenvalue weighted by Gasteiger charge is -2.38. The van der Waals surface area contributed by atoms with E-state index in [1.165, 1.54) is 56.9 Å². The molecule has 8 unspecified atom stereocenters. The van der Waals surface area contributed by atoms with Crippen LogP contribution in [0.2, 0.25) is 0 Å². The third-order valence-electron chi connectivity index (χ3n) is 10.2. The molecule has 3 aliphatic heterocycles. The molecule has 52 heavy (non-hydrogen) atoms. The predicted molar refractivity (Wildman–Crippen MR) is 189 cm³/mol. The number of nitrogens with one attached hydrogen (secondary N) is 2. The predicted octanol–water partition coefficient (Wildman–Crippen LogP) is -0.970. The number of nitrogens with two attached hydrogens (primary N) is 1. The van der Waals surface area contributed by atoms with Crippen molar-refractivity contribution in [2.75, 3.05) is 33.7 Å². The van der Waals surface area contributed by atoms with Crippen LogP contribution in [-0.2, 0) is 23.8 Å². The Kier molecular flexibility index (Phi) is 16.0. The molecule has 17 heteroatoms. The topological polar surface area (TPSA) is 242 Å². The van der Waals surface area contributed by atoms with Crippen molar-refractivity contribution in [1.82, 2.24) is 24.7 Å². The third kappa shape index (κ3) is 10.1. The molecule has 0 saturated carbocycles. The van der Waals surface area contributed by atoms with E-state index in [-0.39, 0.29) is 18.8 Å². The monoisotopic (exact) mass is 738 g/mol. The fourth-order valence-electron chi connectivity index (χ4n) is 7.03. The minimum atomic E-state index is -1.75. The summed E-state index contributed by atoms with van der Waals surface area (Å²) in [5.74, 6) is -1.08. The summed E-state index contributed by atoms with van der Waals surface area (Å²) in [5, 5.41) is 46.4. The van der Waals surface area contributed by atoms with Crippen LogP contribution in [0.25, 0.3) is 0 Å². The van der Waals surface area contributed by atoms with E-state index in [1.807, 2.05) is 0 Å². The van der Waals surface area contributed by atoms with Gasteiger partial charge in [-0.15, -0.1) is 0 Å². The lowest BCUT2D eigenvalue weighted by atomic mass is 9.97. The molecule has 2 fully saturated rings. The first-order valence-corrected chi connectivity index (χ1v) is 18.6. The van der Waals surface area contributed by atoms with E-state index >= 15 is 0 Å². The van der Waals surface area contributed by atoms with E-state index in [1.54, 1.807) is 18.0 Å². The standard InChI is InChI=1S/C35H58N6O11/c1-4-5-6-7-8-9-10-11-12-13-14-17-37-31(47)21-15-18-39(2)24(32(48)40(21)3)29(52-34-28(46)25(43)22(20-36)50-34)30-26(44)27(45)33(51-30)41-19-16-23(42)38-35(41)49/h15-16,19,22,24-30,33-34,43-46H,4-14,17-18,20,36H2,1-3H3,(H,37,47)(H,38,42,49)/t22?,24-,25?,26?,27?,28?,29-,30?,33?,34?/m0/s1. The van der Waals surface area contributed by atoms with Crippen LogP contribution in [0.5, 0.6) is 0 Å². The van der Waals surface area contributed by atoms with Crippen molar-refractivity contribution < 1.29 is 44.2 Å². The Hall–Kier alpha value is -3.00. The number of H-pyrrole nitrogens is 1. The minimum Gasteiger partial charge on any atom is -0.387 e. The number of unbranched alkanes of at least 4 members (excludes halogenated alkanes) is 10. The van der Waals surface area contributed by atoms with E-state index in [0.29, 0.717) is 6.54 Å². The second kappa shape index (κ2) is 19.9. The van der Waals surface area contributed by atoms with Gasteiger partial charge in [0.25, 0.3) is 11.5 Å². The van der Waals surface area contributed by atoms with Gasteiger partial charge in [-0.05, 0) is 19.5 Å². The molecule has 0 spiro atoms. The number of carbonyl (C=O) groups excluding carboxylic acids is 2. The molecule has 3 aliphatic rings. The maximum Gasteiger partial charge on any atom is 0.330 e. The van der Waals surface area contributed by atoms with Crippen molar-refractivity contribution in [2.45, 2.75) is 139 Å². The number of aromatic amines is 1. The Balaban J connectivity index is 1.44. The molecule has 1 aromatic heterocycles. The van der Waals surface area contributed by atoms with E-state index in [2.05, 4.69) is 17.2 Å². The molecule has 2 amide bonds. The highest BCUT2D eigenvalue weighted by Gasteiger charge is 2.55. The molecule has 2 saturated heterocycles. The highest BCUT2D eigenvalue weighted by molar-refractivity contribution is 5.99. The first-order valence-electron chi connectivity index (χ1n) is 18.6. The van der Waals surface area contributed by atoms with Crippen LogP contribution < -0.4 is 22.3 Å². The summed E-state index contributed by atoms with van der Waals surface area (Å²) in [6.07, 6.45) is 2.02. The van der Waals surface area contributed by atoms with Crippen molar-refractivity contribution in [3.05, 3.63) is 44.9 Å². The van der Waals surface area contributed by atoms with E-state index in [9.17, 15) is 39.6 Å². The number of hydrogen-bond acceptors (Lipinski definition) is 13. The molecular formula is C35H58N6O11. The van der Waals surface area contributed by atoms with E-state index in [0.717, 1.165) is 42.5 Å². The van der Waals surface area contributed by atoms with Crippen LogP contribution >= 0.6 is 0 Å². The molecule has 0 radical (unpaired) electrons. The van der Waals surface area contributed by atoms with Gasteiger partial charge in [0.05, 0.1) is 0 Å². The highest BCUT2D eigenvalue weighted by atomic mass is 16.7. The van der Waals surface area contributed by atoms with Gasteiger partial charge in [0.15, 0.2) is 12.5 Å². The fourth-order valence-corrected chi connectivity index (χ4v) is 7.03. The van der Waals surface area contributed by atoms with Crippen molar-refractivity contribution in [3.63, 3.8) is 0 Å². The van der Waals surface area contributed by atoms with Crippen LogP contribution in [0.1, 0.15) is 83.8 Å². The Morgan fingerprint density at radius 2 is 1.58 bits per heavy atom. The van der Waals surface area contributed by atoms with Gasteiger partial charge in [-0.25, -0.2) is 4.79 Å². The number of rotatable bonds is 19. The summed E-state index contributed by atoms with van der Waals surface area (Å²) in [4.78, 5) is 56.6. The van der Waals surface area contributed by atoms with Gasteiger partial charge in [-0.3, -0.25) is 28.8 Å². The fraction of sp³-hybridized carbons (Fsp3) is 0.771. The maximum absolute atomic E-state index is 14.2. The Labute approximate surface area is 303 Å². The van der Waals surface area contributed by atoms with Gasteiger partial charge in [0.2, 0.25) is 5.91 Å². The van der Waals surface area contributed by atoms with Crippen LogP contribution in [0.3, 0.4) is 0 Å². The molecule has 1 aromatic rings. The Bertz CT molecular complexity index is 1450. The average Bonchev–Trinajstić information content (AvgIpc) is 3.52. The zero-order chi connectivity index (χ0) is 37.9. The molecule has 10 atom stereocenters. The largest absolute Gasteiger partial charge is 0.387 e. The zero-order valence-electron chi connectivity index (χ0n) is 30.5. The number of likely N-dealkylation sites (N-methyl/N-ethyl adjacent to an activating group) is 2. The third-order valence-corrected chi connectivity index (χ3v) is 10.2. The Morgan fingerprint density at radius 3 is 2.17 bits per heavy atom. The zero-order valence-corrected chi connectivity index (χ0v) is 30.5. The molecule has 0 aliphatic carbocycles. The molecule has 17 nitrogen and oxygen atoms in total. The lowest BCUT2D eigenvalue weighted by molar-refractivity contribution is -0.232. The molecular weight excluding hydrogens is 680 g/mol. The van der Waals surface area contributed by atoms with Crippen molar-refractivity contribution in [2.24, 2.45) is 5.73 Å². The van der Waals surface area contributed by atoms with Crippen molar-refractivity contribution in [3.8, 4) is 0 Å². The molecule has 4 heterocycles. The number of hydrogen-bond donors (Lipinski definition) is 7. The quantitative estimate of drug-likeness (QED) is 0.0847. The molecule has 4 rings (SSSR count). The summed E-state index contributed by atoms with van der Waals surface area (Å²) in [6.45, 7) is 2.56. The second-order valence-corrected chi connectivity index (χ2v) is 14.0. The maximum atomic E-state index is 14.2. The highest BCUT2D eigenvalue weighted by Crippen LogP contribution is 2.36. The number of aromatic nitrogens is 2. The smallest absolute Gasteiger partial charge is 0.330 e. The van der Waals surface area contributed by atoms with Gasteiger partial charge in [0.1, 0.15) is 54.5 Å². The summed E-state index contributed by atoms with van der Waals surface area (Å²) < 4.78 is 18.7. The first-order chi connectivity index (χ1) is 24.9. The molecule has 0 bridgehead atoms. The van der Waals surface area contributed by atoms with Gasteiger partial charge < -0.3 is 50.6 Å². The van der Waals surface area contributed by atoms with Gasteiger partial charge in [-0.1, -0.05) is 71.1 Å². The summed E-state index contributed by atoms with van der Waals surface area (Å²) in [5.41, 5.74) is 4.19. The second-order valence-electron chi connectivity index (χ2n) is 14.0. The molecule has 0 aromatic carbocycles. The minimum absolute atomic E-state index is 0.0676. The Morgan fingerprint density at radius 1 is 0.942 bits per heavy atom. The lowest BCUT2D eigenvalue weighted by Crippen LogP contribution is -2.59. The number of aliphatic hydroxyl groups is 4. The first kappa shape index (κ1) is 41.8. The van der Waals surface area contributed by atoms with Gasteiger partial charge in [-0.2, -0.15) is 0 Å². The van der Waals surface area contributed by atoms with Crippen molar-refractivity contribution in [1.29, 1.82) is 0 Å². The van der Waals surface area contributed by atoms with Crippen LogP contribution in [0.4, 0.5) is 0 Å². The van der Waals surface area contributed by atoms with E-state index in [4.69, 9.17) is 19.9 Å². The number of carbonyl (C=O) groups is 2. The summed E-state index contributed by atoms with van der Waals surface area (Å²) in [7, 11) is 3.01. The molecule has 8 N–H and O–H groups in total. The molecule has 294 valence electrons. The normalized spacial score (nSPS) is 30.4.